The Kier molecular flexibility index (Phi) is 6.69. The van der Waals surface area contributed by atoms with Gasteiger partial charge in [0.1, 0.15) is 24.2 Å². The number of carbonyl (C=O) groups excluding carboxylic acids is 1. The van der Waals surface area contributed by atoms with Crippen molar-refractivity contribution < 1.29 is 17.9 Å². The zero-order valence-electron chi connectivity index (χ0n) is 18.6. The maximum Gasteiger partial charge on any atom is 0.228 e. The van der Waals surface area contributed by atoms with Crippen molar-refractivity contribution in [3.8, 4) is 17.4 Å². The Labute approximate surface area is 197 Å². The highest BCUT2D eigenvalue weighted by molar-refractivity contribution is 7.92. The molecule has 2 aromatic heterocycles. The topological polar surface area (TPSA) is 116 Å². The molecule has 34 heavy (non-hydrogen) atoms. The summed E-state index contributed by atoms with van der Waals surface area (Å²) in [6, 6.07) is 15.0. The van der Waals surface area contributed by atoms with E-state index in [9.17, 15) is 13.2 Å². The molecule has 0 saturated carbocycles. The second-order valence-electron chi connectivity index (χ2n) is 7.77. The summed E-state index contributed by atoms with van der Waals surface area (Å²) in [5.41, 5.74) is 1.33. The lowest BCUT2D eigenvalue weighted by atomic mass is 10.1. The van der Waals surface area contributed by atoms with Gasteiger partial charge in [-0.3, -0.25) is 9.36 Å². The van der Waals surface area contributed by atoms with Gasteiger partial charge >= 0.3 is 0 Å². The van der Waals surface area contributed by atoms with Crippen molar-refractivity contribution in [2.75, 3.05) is 5.32 Å². The van der Waals surface area contributed by atoms with E-state index >= 15 is 0 Å². The van der Waals surface area contributed by atoms with Gasteiger partial charge in [-0.15, -0.1) is 0 Å². The highest BCUT2D eigenvalue weighted by atomic mass is 32.2. The third kappa shape index (κ3) is 5.46. The summed E-state index contributed by atoms with van der Waals surface area (Å²) >= 11 is 0. The third-order valence-electron chi connectivity index (χ3n) is 4.99. The number of benzene rings is 2. The lowest BCUT2D eigenvalue weighted by Gasteiger charge is -2.10. The van der Waals surface area contributed by atoms with E-state index in [1.54, 1.807) is 79.6 Å². The normalized spacial score (nSPS) is 11.4. The third-order valence-corrected chi connectivity index (χ3v) is 7.16. The number of aromatic nitrogens is 4. The zero-order chi connectivity index (χ0) is 24.1. The number of ether oxygens (including phenoxy) is 1. The minimum absolute atomic E-state index is 0.123. The van der Waals surface area contributed by atoms with Crippen molar-refractivity contribution in [2.45, 2.75) is 30.4 Å². The van der Waals surface area contributed by atoms with E-state index in [4.69, 9.17) is 4.74 Å². The minimum atomic E-state index is -3.34. The van der Waals surface area contributed by atoms with Crippen LogP contribution in [0.4, 0.5) is 5.69 Å². The molecular weight excluding hydrogens is 454 g/mol. The van der Waals surface area contributed by atoms with Crippen molar-refractivity contribution in [2.24, 2.45) is 0 Å². The van der Waals surface area contributed by atoms with Crippen LogP contribution in [-0.2, 0) is 21.1 Å². The molecule has 0 aliphatic heterocycles. The summed E-state index contributed by atoms with van der Waals surface area (Å²) in [7, 11) is -3.34. The number of anilines is 1. The number of imidazole rings is 1. The fourth-order valence-electron chi connectivity index (χ4n) is 3.11. The zero-order valence-corrected chi connectivity index (χ0v) is 19.4. The van der Waals surface area contributed by atoms with E-state index in [1.165, 1.54) is 18.5 Å². The predicted octanol–water partition coefficient (Wildman–Crippen LogP) is 3.82. The predicted molar refractivity (Wildman–Crippen MR) is 127 cm³/mol. The summed E-state index contributed by atoms with van der Waals surface area (Å²) in [4.78, 5) is 25.0. The van der Waals surface area contributed by atoms with Crippen molar-refractivity contribution in [3.63, 3.8) is 0 Å². The van der Waals surface area contributed by atoms with Gasteiger partial charge in [0.2, 0.25) is 11.8 Å². The van der Waals surface area contributed by atoms with Crippen molar-refractivity contribution in [3.05, 3.63) is 85.2 Å². The fraction of sp³-hybridized carbons (Fsp3) is 0.167. The molecule has 4 rings (SSSR count). The lowest BCUT2D eigenvalue weighted by molar-refractivity contribution is -0.115. The largest absolute Gasteiger partial charge is 0.439 e. The molecule has 0 atom stereocenters. The van der Waals surface area contributed by atoms with Crippen LogP contribution in [0, 0.1) is 0 Å². The first kappa shape index (κ1) is 23.1. The summed E-state index contributed by atoms with van der Waals surface area (Å²) in [5, 5.41) is 2.33. The summed E-state index contributed by atoms with van der Waals surface area (Å²) in [5.74, 6) is 1.34. The summed E-state index contributed by atoms with van der Waals surface area (Å²) in [6.45, 7) is 3.28. The van der Waals surface area contributed by atoms with Crippen molar-refractivity contribution in [1.29, 1.82) is 0 Å². The molecule has 1 amide bonds. The molecule has 0 spiro atoms. The molecule has 0 aliphatic rings. The van der Waals surface area contributed by atoms with Gasteiger partial charge in [0.05, 0.1) is 16.6 Å². The van der Waals surface area contributed by atoms with Gasteiger partial charge in [0.25, 0.3) is 0 Å². The standard InChI is InChI=1S/C24H23N5O4S/c1-17(2)34(31,32)21-9-3-18(4-10-21)13-23(30)28-19-5-7-20(8-6-19)33-24-14-22(26-15-27-24)29-12-11-25-16-29/h3-12,14-17H,13H2,1-2H3,(H,28,30). The van der Waals surface area contributed by atoms with Gasteiger partial charge in [-0.1, -0.05) is 12.1 Å². The van der Waals surface area contributed by atoms with Gasteiger partial charge in [0, 0.05) is 24.1 Å². The molecule has 0 aliphatic carbocycles. The Morgan fingerprint density at radius 2 is 1.79 bits per heavy atom. The van der Waals surface area contributed by atoms with E-state index in [0.29, 0.717) is 23.1 Å². The highest BCUT2D eigenvalue weighted by Crippen LogP contribution is 2.23. The molecule has 0 radical (unpaired) electrons. The number of nitrogens with one attached hydrogen (secondary N) is 1. The van der Waals surface area contributed by atoms with Gasteiger partial charge < -0.3 is 10.1 Å². The van der Waals surface area contributed by atoms with Crippen LogP contribution in [0.1, 0.15) is 19.4 Å². The molecule has 0 saturated heterocycles. The summed E-state index contributed by atoms with van der Waals surface area (Å²) in [6.07, 6.45) is 6.58. The number of rotatable bonds is 8. The van der Waals surface area contributed by atoms with Crippen molar-refractivity contribution in [1.82, 2.24) is 19.5 Å². The smallest absolute Gasteiger partial charge is 0.228 e. The number of hydrogen-bond acceptors (Lipinski definition) is 7. The molecule has 2 heterocycles. The first-order valence-corrected chi connectivity index (χ1v) is 12.1. The van der Waals surface area contributed by atoms with E-state index in [0.717, 1.165) is 5.56 Å². The molecule has 174 valence electrons. The Balaban J connectivity index is 1.35. The Hall–Kier alpha value is -4.05. The summed E-state index contributed by atoms with van der Waals surface area (Å²) < 4.78 is 32.0. The molecule has 0 bridgehead atoms. The monoisotopic (exact) mass is 477 g/mol. The lowest BCUT2D eigenvalue weighted by Crippen LogP contribution is -2.15. The quantitative estimate of drug-likeness (QED) is 0.410. The average Bonchev–Trinajstić information content (AvgIpc) is 3.36. The second kappa shape index (κ2) is 9.84. The van der Waals surface area contributed by atoms with E-state index < -0.39 is 15.1 Å². The molecule has 0 unspecified atom stereocenters. The van der Waals surface area contributed by atoms with Crippen LogP contribution in [0.3, 0.4) is 0 Å². The maximum absolute atomic E-state index is 12.4. The van der Waals surface area contributed by atoms with E-state index in [-0.39, 0.29) is 17.2 Å². The average molecular weight is 478 g/mol. The Bertz CT molecular complexity index is 1370. The second-order valence-corrected chi connectivity index (χ2v) is 10.3. The molecule has 9 nitrogen and oxygen atoms in total. The molecular formula is C24H23N5O4S. The minimum Gasteiger partial charge on any atom is -0.439 e. The van der Waals surface area contributed by atoms with Crippen LogP contribution in [0.2, 0.25) is 0 Å². The van der Waals surface area contributed by atoms with E-state index in [2.05, 4.69) is 20.3 Å². The number of amides is 1. The van der Waals surface area contributed by atoms with Crippen LogP contribution in [0.5, 0.6) is 11.6 Å². The highest BCUT2D eigenvalue weighted by Gasteiger charge is 2.18. The van der Waals surface area contributed by atoms with Crippen LogP contribution < -0.4 is 10.1 Å². The Morgan fingerprint density at radius 3 is 2.44 bits per heavy atom. The first-order valence-electron chi connectivity index (χ1n) is 10.5. The van der Waals surface area contributed by atoms with Gasteiger partial charge in [-0.05, 0) is 55.8 Å². The SMILES string of the molecule is CC(C)S(=O)(=O)c1ccc(CC(=O)Nc2ccc(Oc3cc(-n4ccnc4)ncn3)cc2)cc1. The molecule has 10 heteroatoms. The van der Waals surface area contributed by atoms with E-state index in [1.807, 2.05) is 0 Å². The van der Waals surface area contributed by atoms with Crippen LogP contribution in [0.15, 0.2) is 84.5 Å². The number of hydrogen-bond donors (Lipinski definition) is 1. The molecule has 4 aromatic rings. The van der Waals surface area contributed by atoms with Crippen LogP contribution in [0.25, 0.3) is 5.82 Å². The number of carbonyl (C=O) groups is 1. The first-order chi connectivity index (χ1) is 16.3. The molecule has 1 N–H and O–H groups in total. The van der Waals surface area contributed by atoms with Crippen molar-refractivity contribution >= 4 is 21.4 Å². The van der Waals surface area contributed by atoms with Gasteiger partial charge in [-0.25, -0.2) is 23.4 Å². The molecule has 2 aromatic carbocycles. The Morgan fingerprint density at radius 1 is 1.06 bits per heavy atom. The number of nitrogens with zero attached hydrogens (tertiary/aromatic N) is 4. The van der Waals surface area contributed by atoms with Crippen LogP contribution in [-0.4, -0.2) is 39.1 Å². The van der Waals surface area contributed by atoms with Gasteiger partial charge in [-0.2, -0.15) is 0 Å². The number of sulfone groups is 1. The maximum atomic E-state index is 12.4. The van der Waals surface area contributed by atoms with Crippen LogP contribution >= 0.6 is 0 Å². The fourth-order valence-corrected chi connectivity index (χ4v) is 4.17. The van der Waals surface area contributed by atoms with Gasteiger partial charge in [0.15, 0.2) is 9.84 Å². The molecule has 0 fully saturated rings.